The lowest BCUT2D eigenvalue weighted by molar-refractivity contribution is 0.230. The van der Waals surface area contributed by atoms with Crippen molar-refractivity contribution in [3.63, 3.8) is 0 Å². The third-order valence-electron chi connectivity index (χ3n) is 5.03. The highest BCUT2D eigenvalue weighted by molar-refractivity contribution is 8.93. The third kappa shape index (κ3) is 2.57. The predicted octanol–water partition coefficient (Wildman–Crippen LogP) is 4.56. The van der Waals surface area contributed by atoms with Gasteiger partial charge in [-0.25, -0.2) is 0 Å². The zero-order chi connectivity index (χ0) is 14.2. The van der Waals surface area contributed by atoms with Crippen LogP contribution in [-0.4, -0.2) is 25.1 Å². The monoisotopic (exact) mass is 359 g/mol. The van der Waals surface area contributed by atoms with Crippen molar-refractivity contribution in [1.82, 2.24) is 4.90 Å². The number of hydrogen-bond donors (Lipinski definition) is 0. The predicted molar refractivity (Wildman–Crippen MR) is 95.1 cm³/mol. The average molecular weight is 360 g/mol. The molecule has 2 aliphatic rings. The van der Waals surface area contributed by atoms with E-state index in [-0.39, 0.29) is 17.0 Å². The molecule has 2 aliphatic heterocycles. The fraction of sp³-hybridized carbons (Fsp3) is 0.368. The summed E-state index contributed by atoms with van der Waals surface area (Å²) in [6, 6.07) is 18.3. The van der Waals surface area contributed by atoms with Gasteiger partial charge in [0.15, 0.2) is 0 Å². The SMILES string of the molecule is Br.COc1ccc(C2CN3CCC[C@H]3c3ccccc32)cc1. The van der Waals surface area contributed by atoms with Crippen molar-refractivity contribution in [2.24, 2.45) is 0 Å². The van der Waals surface area contributed by atoms with Crippen LogP contribution in [0.4, 0.5) is 0 Å². The van der Waals surface area contributed by atoms with Crippen molar-refractivity contribution in [2.75, 3.05) is 20.2 Å². The van der Waals surface area contributed by atoms with E-state index >= 15 is 0 Å². The fourth-order valence-corrected chi connectivity index (χ4v) is 3.98. The molecule has 4 rings (SSSR count). The van der Waals surface area contributed by atoms with Gasteiger partial charge < -0.3 is 4.74 Å². The molecule has 2 atom stereocenters. The fourth-order valence-electron chi connectivity index (χ4n) is 3.98. The second-order valence-corrected chi connectivity index (χ2v) is 6.11. The van der Waals surface area contributed by atoms with E-state index in [1.165, 1.54) is 30.5 Å². The van der Waals surface area contributed by atoms with Gasteiger partial charge in [0.1, 0.15) is 5.75 Å². The highest BCUT2D eigenvalue weighted by Crippen LogP contribution is 2.44. The summed E-state index contributed by atoms with van der Waals surface area (Å²) >= 11 is 0. The second-order valence-electron chi connectivity index (χ2n) is 6.11. The van der Waals surface area contributed by atoms with Crippen LogP contribution in [0.1, 0.15) is 41.5 Å². The highest BCUT2D eigenvalue weighted by atomic mass is 79.9. The van der Waals surface area contributed by atoms with Crippen LogP contribution in [0.25, 0.3) is 0 Å². The molecule has 1 unspecified atom stereocenters. The van der Waals surface area contributed by atoms with Crippen LogP contribution >= 0.6 is 17.0 Å². The van der Waals surface area contributed by atoms with Gasteiger partial charge in [0.25, 0.3) is 0 Å². The minimum atomic E-state index is 0. The number of fused-ring (bicyclic) bond motifs is 3. The molecule has 0 N–H and O–H groups in total. The van der Waals surface area contributed by atoms with Crippen LogP contribution < -0.4 is 4.74 Å². The maximum Gasteiger partial charge on any atom is 0.118 e. The van der Waals surface area contributed by atoms with Gasteiger partial charge in [-0.2, -0.15) is 0 Å². The average Bonchev–Trinajstić information content (AvgIpc) is 3.03. The second kappa shape index (κ2) is 6.43. The minimum Gasteiger partial charge on any atom is -0.497 e. The first-order valence-electron chi connectivity index (χ1n) is 7.83. The van der Waals surface area contributed by atoms with Crippen LogP contribution in [0.3, 0.4) is 0 Å². The van der Waals surface area contributed by atoms with Crippen molar-refractivity contribution >= 4 is 17.0 Å². The van der Waals surface area contributed by atoms with E-state index in [9.17, 15) is 0 Å². The molecule has 0 spiro atoms. The number of nitrogens with zero attached hydrogens (tertiary/aromatic N) is 1. The van der Waals surface area contributed by atoms with Crippen molar-refractivity contribution in [3.05, 3.63) is 65.2 Å². The van der Waals surface area contributed by atoms with Crippen LogP contribution in [0, 0.1) is 0 Å². The number of methoxy groups -OCH3 is 1. The molecule has 0 aliphatic carbocycles. The Hall–Kier alpha value is -1.32. The molecule has 0 radical (unpaired) electrons. The molecule has 2 aromatic carbocycles. The lowest BCUT2D eigenvalue weighted by atomic mass is 9.82. The molecule has 2 aromatic rings. The Kier molecular flexibility index (Phi) is 4.55. The molecule has 22 heavy (non-hydrogen) atoms. The van der Waals surface area contributed by atoms with Gasteiger partial charge in [-0.1, -0.05) is 36.4 Å². The third-order valence-corrected chi connectivity index (χ3v) is 5.03. The molecule has 116 valence electrons. The number of halogens is 1. The maximum absolute atomic E-state index is 5.28. The Balaban J connectivity index is 0.00000144. The molecule has 0 bridgehead atoms. The molecular weight excluding hydrogens is 338 g/mol. The first kappa shape index (κ1) is 15.6. The quantitative estimate of drug-likeness (QED) is 0.779. The van der Waals surface area contributed by atoms with Crippen LogP contribution in [0.2, 0.25) is 0 Å². The van der Waals surface area contributed by atoms with Gasteiger partial charge in [-0.15, -0.1) is 17.0 Å². The Morgan fingerprint density at radius 1 is 1.00 bits per heavy atom. The molecule has 2 nitrogen and oxygen atoms in total. The van der Waals surface area contributed by atoms with E-state index in [1.54, 1.807) is 12.7 Å². The summed E-state index contributed by atoms with van der Waals surface area (Å²) in [7, 11) is 1.72. The number of benzene rings is 2. The van der Waals surface area contributed by atoms with Gasteiger partial charge in [0.2, 0.25) is 0 Å². The minimum absolute atomic E-state index is 0. The normalized spacial score (nSPS) is 23.3. The van der Waals surface area contributed by atoms with E-state index in [0.29, 0.717) is 12.0 Å². The number of rotatable bonds is 2. The Labute approximate surface area is 142 Å². The summed E-state index contributed by atoms with van der Waals surface area (Å²) in [4.78, 5) is 2.66. The lowest BCUT2D eigenvalue weighted by Crippen LogP contribution is -2.34. The summed E-state index contributed by atoms with van der Waals surface area (Å²) in [5.74, 6) is 1.42. The molecule has 0 saturated carbocycles. The number of hydrogen-bond acceptors (Lipinski definition) is 2. The Bertz CT molecular complexity index is 640. The van der Waals surface area contributed by atoms with Gasteiger partial charge in [0.05, 0.1) is 7.11 Å². The summed E-state index contributed by atoms with van der Waals surface area (Å²) in [6.07, 6.45) is 2.64. The van der Waals surface area contributed by atoms with Crippen LogP contribution in [0.15, 0.2) is 48.5 Å². The van der Waals surface area contributed by atoms with Gasteiger partial charge in [-0.3, -0.25) is 4.90 Å². The maximum atomic E-state index is 5.28. The molecule has 0 amide bonds. The molecule has 0 aromatic heterocycles. The van der Waals surface area contributed by atoms with Gasteiger partial charge >= 0.3 is 0 Å². The van der Waals surface area contributed by atoms with E-state index < -0.39 is 0 Å². The summed E-state index contributed by atoms with van der Waals surface area (Å²) in [5, 5.41) is 0. The summed E-state index contributed by atoms with van der Waals surface area (Å²) in [5.41, 5.74) is 4.46. The van der Waals surface area contributed by atoms with Gasteiger partial charge in [-0.05, 0) is 48.2 Å². The highest BCUT2D eigenvalue weighted by Gasteiger charge is 2.35. The van der Waals surface area contributed by atoms with Crippen molar-refractivity contribution in [3.8, 4) is 5.75 Å². The van der Waals surface area contributed by atoms with E-state index in [4.69, 9.17) is 4.74 Å². The standard InChI is InChI=1S/C19H21NO.BrH/c1-21-15-10-8-14(9-11-15)18-13-20-12-4-7-19(20)17-6-3-2-5-16(17)18;/h2-3,5-6,8-11,18-19H,4,7,12-13H2,1H3;1H/t18?,19-;/m0./s1. The van der Waals surface area contributed by atoms with Crippen molar-refractivity contribution < 1.29 is 4.74 Å². The topological polar surface area (TPSA) is 12.5 Å². The van der Waals surface area contributed by atoms with Crippen LogP contribution in [0.5, 0.6) is 5.75 Å². The molecular formula is C19H22BrNO. The van der Waals surface area contributed by atoms with E-state index in [0.717, 1.165) is 12.3 Å². The molecule has 1 saturated heterocycles. The Morgan fingerprint density at radius 2 is 1.73 bits per heavy atom. The van der Waals surface area contributed by atoms with Crippen molar-refractivity contribution in [2.45, 2.75) is 24.8 Å². The molecule has 1 fully saturated rings. The Morgan fingerprint density at radius 3 is 2.45 bits per heavy atom. The smallest absolute Gasteiger partial charge is 0.118 e. The molecule has 2 heterocycles. The summed E-state index contributed by atoms with van der Waals surface area (Å²) in [6.45, 7) is 2.39. The van der Waals surface area contributed by atoms with Gasteiger partial charge in [0, 0.05) is 18.5 Å². The number of ether oxygens (including phenoxy) is 1. The zero-order valence-electron chi connectivity index (χ0n) is 12.9. The van der Waals surface area contributed by atoms with Crippen molar-refractivity contribution in [1.29, 1.82) is 0 Å². The van der Waals surface area contributed by atoms with Crippen LogP contribution in [-0.2, 0) is 0 Å². The lowest BCUT2D eigenvalue weighted by Gasteiger charge is -2.37. The zero-order valence-corrected chi connectivity index (χ0v) is 14.6. The summed E-state index contributed by atoms with van der Waals surface area (Å²) < 4.78 is 5.28. The van der Waals surface area contributed by atoms with E-state index in [1.807, 2.05) is 0 Å². The first-order valence-corrected chi connectivity index (χ1v) is 7.83. The first-order chi connectivity index (χ1) is 10.4. The molecule has 3 heteroatoms. The largest absolute Gasteiger partial charge is 0.497 e. The van der Waals surface area contributed by atoms with E-state index in [2.05, 4.69) is 53.4 Å².